The Morgan fingerprint density at radius 2 is 2.26 bits per heavy atom. The number of anilines is 1. The van der Waals surface area contributed by atoms with Crippen LogP contribution in [0.15, 0.2) is 24.0 Å². The molecule has 7 heteroatoms. The van der Waals surface area contributed by atoms with Crippen LogP contribution in [0.4, 0.5) is 5.82 Å². The van der Waals surface area contributed by atoms with Gasteiger partial charge in [-0.25, -0.2) is 9.97 Å². The summed E-state index contributed by atoms with van der Waals surface area (Å²) in [5, 5.41) is 2.02. The first-order valence-electron chi connectivity index (χ1n) is 6.02. The number of nitrogens with zero attached hydrogens (tertiary/aromatic N) is 5. The molecular weight excluding hydrogens is 260 g/mol. The smallest absolute Gasteiger partial charge is 0.195 e. The molecule has 0 saturated heterocycles. The van der Waals surface area contributed by atoms with Crippen LogP contribution < -0.4 is 10.6 Å². The fourth-order valence-electron chi connectivity index (χ4n) is 2.15. The second-order valence-corrected chi connectivity index (χ2v) is 5.33. The summed E-state index contributed by atoms with van der Waals surface area (Å²) in [6.45, 7) is 1.18. The maximum atomic E-state index is 5.86. The summed E-state index contributed by atoms with van der Waals surface area (Å²) < 4.78 is 4.06. The van der Waals surface area contributed by atoms with E-state index in [9.17, 15) is 0 Å². The summed E-state index contributed by atoms with van der Waals surface area (Å²) in [5.41, 5.74) is 6.89. The number of aryl methyl sites for hydroxylation is 1. The monoisotopic (exact) mass is 276 g/mol. The van der Waals surface area contributed by atoms with Gasteiger partial charge in [0.25, 0.3) is 0 Å². The highest BCUT2D eigenvalue weighted by Gasteiger charge is 2.16. The van der Waals surface area contributed by atoms with E-state index < -0.39 is 0 Å². The predicted octanol–water partition coefficient (Wildman–Crippen LogP) is 1.22. The van der Waals surface area contributed by atoms with Gasteiger partial charge in [0.05, 0.1) is 12.2 Å². The van der Waals surface area contributed by atoms with E-state index in [1.54, 1.807) is 17.5 Å². The normalized spacial score (nSPS) is 11.3. The SMILES string of the molecule is CN(Cc1nccn1C)c1nc2sccn2c1CN. The van der Waals surface area contributed by atoms with Gasteiger partial charge < -0.3 is 15.2 Å². The number of rotatable bonds is 4. The minimum Gasteiger partial charge on any atom is -0.351 e. The van der Waals surface area contributed by atoms with E-state index in [2.05, 4.69) is 19.3 Å². The van der Waals surface area contributed by atoms with Crippen LogP contribution in [0.2, 0.25) is 0 Å². The molecule has 3 aromatic heterocycles. The quantitative estimate of drug-likeness (QED) is 0.778. The fraction of sp³-hybridized carbons (Fsp3) is 0.333. The van der Waals surface area contributed by atoms with Crippen molar-refractivity contribution in [2.75, 3.05) is 11.9 Å². The average molecular weight is 276 g/mol. The summed E-state index contributed by atoms with van der Waals surface area (Å²) in [4.78, 5) is 12.0. The average Bonchev–Trinajstić information content (AvgIpc) is 3.05. The topological polar surface area (TPSA) is 64.4 Å². The molecule has 0 unspecified atom stereocenters. The summed E-state index contributed by atoms with van der Waals surface area (Å²) in [6, 6.07) is 0. The maximum absolute atomic E-state index is 5.86. The van der Waals surface area contributed by atoms with Gasteiger partial charge in [0, 0.05) is 44.6 Å². The molecule has 2 N–H and O–H groups in total. The van der Waals surface area contributed by atoms with Crippen molar-refractivity contribution in [2.45, 2.75) is 13.1 Å². The fourth-order valence-corrected chi connectivity index (χ4v) is 2.88. The number of aromatic nitrogens is 4. The molecule has 0 aliphatic carbocycles. The highest BCUT2D eigenvalue weighted by atomic mass is 32.1. The molecule has 0 aliphatic rings. The largest absolute Gasteiger partial charge is 0.351 e. The van der Waals surface area contributed by atoms with Crippen molar-refractivity contribution in [1.82, 2.24) is 18.9 Å². The van der Waals surface area contributed by atoms with Gasteiger partial charge >= 0.3 is 0 Å². The summed E-state index contributed by atoms with van der Waals surface area (Å²) in [5.74, 6) is 1.93. The molecule has 0 aromatic carbocycles. The Bertz CT molecular complexity index is 694. The van der Waals surface area contributed by atoms with Crippen LogP contribution in [0.25, 0.3) is 4.96 Å². The molecule has 0 atom stereocenters. The molecule has 0 spiro atoms. The lowest BCUT2D eigenvalue weighted by atomic mass is 10.4. The Hall–Kier alpha value is -1.86. The Kier molecular flexibility index (Phi) is 3.00. The number of imidazole rings is 2. The lowest BCUT2D eigenvalue weighted by Crippen LogP contribution is -2.21. The molecule has 0 saturated carbocycles. The van der Waals surface area contributed by atoms with Crippen molar-refractivity contribution in [3.8, 4) is 0 Å². The van der Waals surface area contributed by atoms with Gasteiger partial charge in [-0.2, -0.15) is 0 Å². The minimum atomic E-state index is 0.470. The van der Waals surface area contributed by atoms with Crippen LogP contribution in [0.1, 0.15) is 11.5 Å². The Balaban J connectivity index is 1.94. The molecule has 3 rings (SSSR count). The molecule has 0 radical (unpaired) electrons. The van der Waals surface area contributed by atoms with Crippen LogP contribution in [0.5, 0.6) is 0 Å². The zero-order valence-electron chi connectivity index (χ0n) is 10.9. The van der Waals surface area contributed by atoms with Crippen molar-refractivity contribution in [3.05, 3.63) is 35.5 Å². The molecule has 19 heavy (non-hydrogen) atoms. The number of fused-ring (bicyclic) bond motifs is 1. The summed E-state index contributed by atoms with van der Waals surface area (Å²) in [7, 11) is 4.01. The predicted molar refractivity (Wildman–Crippen MR) is 76.3 cm³/mol. The van der Waals surface area contributed by atoms with Gasteiger partial charge in [0.15, 0.2) is 10.8 Å². The standard InChI is InChI=1S/C12H16N6S/c1-16-4-3-14-10(16)8-17(2)11-9(7-13)18-5-6-19-12(18)15-11/h3-6H,7-8,13H2,1-2H3. The van der Waals surface area contributed by atoms with Crippen LogP contribution in [0.3, 0.4) is 0 Å². The highest BCUT2D eigenvalue weighted by molar-refractivity contribution is 7.15. The third-order valence-electron chi connectivity index (χ3n) is 3.19. The van der Waals surface area contributed by atoms with Crippen LogP contribution in [-0.2, 0) is 20.1 Å². The third-order valence-corrected chi connectivity index (χ3v) is 3.95. The molecule has 3 heterocycles. The molecule has 0 aliphatic heterocycles. The Morgan fingerprint density at radius 1 is 1.42 bits per heavy atom. The molecular formula is C12H16N6S. The Labute approximate surface area is 115 Å². The Morgan fingerprint density at radius 3 is 2.95 bits per heavy atom. The molecule has 0 fully saturated rings. The lowest BCUT2D eigenvalue weighted by Gasteiger charge is -2.17. The number of thiazole rings is 1. The summed E-state index contributed by atoms with van der Waals surface area (Å²) in [6.07, 6.45) is 5.75. The van der Waals surface area contributed by atoms with Crippen LogP contribution in [0, 0.1) is 0 Å². The number of nitrogens with two attached hydrogens (primary N) is 1. The van der Waals surface area contributed by atoms with Crippen molar-refractivity contribution < 1.29 is 0 Å². The van der Waals surface area contributed by atoms with Gasteiger partial charge in [-0.3, -0.25) is 4.40 Å². The first-order chi connectivity index (χ1) is 9.20. The zero-order chi connectivity index (χ0) is 13.4. The first-order valence-corrected chi connectivity index (χ1v) is 6.90. The molecule has 3 aromatic rings. The number of hydrogen-bond donors (Lipinski definition) is 1. The van der Waals surface area contributed by atoms with E-state index in [1.165, 1.54) is 0 Å². The second kappa shape index (κ2) is 4.67. The lowest BCUT2D eigenvalue weighted by molar-refractivity contribution is 0.752. The maximum Gasteiger partial charge on any atom is 0.195 e. The molecule has 0 amide bonds. The molecule has 0 bridgehead atoms. The van der Waals surface area contributed by atoms with E-state index in [4.69, 9.17) is 5.73 Å². The van der Waals surface area contributed by atoms with E-state index in [0.29, 0.717) is 13.1 Å². The third kappa shape index (κ3) is 2.00. The number of hydrogen-bond acceptors (Lipinski definition) is 5. The van der Waals surface area contributed by atoms with Crippen molar-refractivity contribution in [1.29, 1.82) is 0 Å². The van der Waals surface area contributed by atoms with Crippen LogP contribution >= 0.6 is 11.3 Å². The van der Waals surface area contributed by atoms with Gasteiger partial charge in [0.1, 0.15) is 5.82 Å². The van der Waals surface area contributed by atoms with E-state index in [1.807, 2.05) is 36.4 Å². The van der Waals surface area contributed by atoms with Gasteiger partial charge in [-0.05, 0) is 0 Å². The van der Waals surface area contributed by atoms with E-state index in [-0.39, 0.29) is 0 Å². The van der Waals surface area contributed by atoms with Crippen molar-refractivity contribution >= 4 is 22.1 Å². The van der Waals surface area contributed by atoms with Crippen molar-refractivity contribution in [3.63, 3.8) is 0 Å². The van der Waals surface area contributed by atoms with E-state index in [0.717, 1.165) is 22.3 Å². The second-order valence-electron chi connectivity index (χ2n) is 4.45. The van der Waals surface area contributed by atoms with E-state index >= 15 is 0 Å². The molecule has 6 nitrogen and oxygen atoms in total. The minimum absolute atomic E-state index is 0.470. The van der Waals surface area contributed by atoms with Crippen LogP contribution in [-0.4, -0.2) is 26.0 Å². The van der Waals surface area contributed by atoms with Gasteiger partial charge in [-0.1, -0.05) is 0 Å². The van der Waals surface area contributed by atoms with Crippen molar-refractivity contribution in [2.24, 2.45) is 12.8 Å². The highest BCUT2D eigenvalue weighted by Crippen LogP contribution is 2.24. The summed E-state index contributed by atoms with van der Waals surface area (Å²) >= 11 is 1.62. The van der Waals surface area contributed by atoms with Gasteiger partial charge in [0.2, 0.25) is 0 Å². The van der Waals surface area contributed by atoms with Gasteiger partial charge in [-0.15, -0.1) is 11.3 Å². The zero-order valence-corrected chi connectivity index (χ0v) is 11.8. The first kappa shape index (κ1) is 12.2. The molecule has 100 valence electrons.